The zero-order chi connectivity index (χ0) is 109. The van der Waals surface area contributed by atoms with E-state index in [1.807, 2.05) is 155 Å². The van der Waals surface area contributed by atoms with E-state index < -0.39 is 17.8 Å². The van der Waals surface area contributed by atoms with Gasteiger partial charge >= 0.3 is 6.18 Å². The van der Waals surface area contributed by atoms with Crippen LogP contribution >= 0.6 is 11.3 Å². The number of halogens is 5. The van der Waals surface area contributed by atoms with Gasteiger partial charge in [0, 0.05) is 273 Å². The molecule has 0 spiro atoms. The normalized spacial score (nSPS) is 17.0. The van der Waals surface area contributed by atoms with E-state index in [1.54, 1.807) is 7.05 Å². The van der Waals surface area contributed by atoms with Crippen molar-refractivity contribution in [1.82, 2.24) is 98.0 Å². The van der Waals surface area contributed by atoms with Gasteiger partial charge in [0.05, 0.1) is 23.4 Å². The van der Waals surface area contributed by atoms with E-state index in [2.05, 4.69) is 191 Å². The van der Waals surface area contributed by atoms with Crippen molar-refractivity contribution in [2.24, 2.45) is 25.4 Å². The van der Waals surface area contributed by atoms with E-state index in [0.717, 1.165) is 303 Å². The molecule has 0 radical (unpaired) electrons. The number of amides is 8. The number of alkyl halides is 5. The molecule has 820 valence electrons. The molecule has 8 aliphatic rings. The standard InChI is InChI=1S/C16H18N2O.2C14H20N2O.C13H18N2O.3C11H22N2O.C10H10F2N2S.C9H18N2O.C5H5F3N2/c1-17-8-10-18(11-9-17)16(19)15-7-6-13-4-2-3-5-14(13)12-15;1-12-4-3-5-13(10-12)11-14(17)16-8-6-15(2)7-9-16;1-12-5-3-4-6-13(12)11-14(17)16-9-7-15(2)8-10-16;1-11-5-3-4-6-12(11)13(16)15-9-7-14(2)8-10-15;1-11(2,3)9-10(14)13-7-5-12(4)6-8-13;1-4-10(5-2)11(14)13-8-6-12(3)7-9-13;1-3-4-5-6-11(14)13-9-7-12(2)8-10-13;1-10(11,12)9-6-7(14(2)13-9)8-4-3-5-15-8;1-3-4-9(12)11-7-5-10(2)6-8-11;1-10-3-2-4(9-10)5(6,7)8/h2-7,12H,8-11H2,1H3;3-5,10H,6-9,11H2,1-2H3;3-6H,7-11H2,1-2H3;3-6H,7-10H2,1-2H3;5-9H2,1-4H3;10H,4-9H2,1-3H3;3-10H2,1-2H3;3-6H,1-2H3;3-8H2,1-2H3;2-3H,1H3. The minimum atomic E-state index is -4.32. The molecule has 8 fully saturated rings. The van der Waals surface area contributed by atoms with Crippen LogP contribution in [0.4, 0.5) is 22.0 Å². The molecular weight excluding hydrogens is 1900 g/mol. The van der Waals surface area contributed by atoms with Gasteiger partial charge in [-0.05, 0) is 183 Å². The fraction of sp³-hybridized carbons (Fsp3) is 0.596. The van der Waals surface area contributed by atoms with Crippen LogP contribution in [0.5, 0.6) is 0 Å². The van der Waals surface area contributed by atoms with Crippen molar-refractivity contribution < 1.29 is 60.3 Å². The molecule has 148 heavy (non-hydrogen) atoms. The molecule has 5 aromatic carbocycles. The number of hydrogen-bond donors (Lipinski definition) is 0. The Morgan fingerprint density at radius 3 is 1.18 bits per heavy atom. The van der Waals surface area contributed by atoms with Crippen molar-refractivity contribution >= 4 is 69.4 Å². The van der Waals surface area contributed by atoms with Crippen molar-refractivity contribution in [2.45, 2.75) is 159 Å². The maximum Gasteiger partial charge on any atom is 0.435 e. The van der Waals surface area contributed by atoms with Gasteiger partial charge in [-0.2, -0.15) is 32.1 Å². The summed E-state index contributed by atoms with van der Waals surface area (Å²) in [4.78, 5) is 131. The first-order valence-electron chi connectivity index (χ1n) is 53.2. The molecule has 0 unspecified atom stereocenters. The Bertz CT molecular complexity index is 5250. The Labute approximate surface area is 884 Å². The highest BCUT2D eigenvalue weighted by atomic mass is 32.1. The number of benzene rings is 5. The summed E-state index contributed by atoms with van der Waals surface area (Å²) in [6.45, 7) is 51.7. The Morgan fingerprint density at radius 1 is 0.365 bits per heavy atom. The second-order valence-corrected chi connectivity index (χ2v) is 42.6. The highest BCUT2D eigenvalue weighted by Crippen LogP contribution is 2.33. The number of thiophene rings is 1. The number of unbranched alkanes of at least 4 members (excludes halogenated alkanes) is 2. The Hall–Kier alpha value is -10.4. The predicted molar refractivity (Wildman–Crippen MR) is 588 cm³/mol. The molecular formula is C114H175F5N20O8S. The summed E-state index contributed by atoms with van der Waals surface area (Å²) in [5.74, 6) is -0.446. The molecule has 16 rings (SSSR count). The van der Waals surface area contributed by atoms with Crippen LogP contribution < -0.4 is 0 Å². The fourth-order valence-corrected chi connectivity index (χ4v) is 18.2. The van der Waals surface area contributed by atoms with Gasteiger partial charge in [0.25, 0.3) is 17.7 Å². The first-order chi connectivity index (χ1) is 70.3. The van der Waals surface area contributed by atoms with Gasteiger partial charge in [0.2, 0.25) is 35.4 Å². The van der Waals surface area contributed by atoms with Gasteiger partial charge in [-0.15, -0.1) is 11.3 Å². The lowest BCUT2D eigenvalue weighted by Gasteiger charge is -2.34. The summed E-state index contributed by atoms with van der Waals surface area (Å²) in [6.07, 6.45) is 6.47. The lowest BCUT2D eigenvalue weighted by molar-refractivity contribution is -0.141. The van der Waals surface area contributed by atoms with Crippen LogP contribution in [0.25, 0.3) is 21.3 Å². The topological polar surface area (TPSA) is 224 Å². The minimum absolute atomic E-state index is 0.112. The maximum atomic E-state index is 13.0. The van der Waals surface area contributed by atoms with Crippen LogP contribution in [0.2, 0.25) is 0 Å². The van der Waals surface area contributed by atoms with Gasteiger partial charge in [-0.3, -0.25) is 47.7 Å². The van der Waals surface area contributed by atoms with Gasteiger partial charge in [-0.25, -0.2) is 0 Å². The number of hydrogen-bond acceptors (Lipinski definition) is 19. The molecule has 0 bridgehead atoms. The molecule has 0 N–H and O–H groups in total. The van der Waals surface area contributed by atoms with Crippen molar-refractivity contribution in [2.75, 3.05) is 266 Å². The maximum absolute atomic E-state index is 13.0. The lowest BCUT2D eigenvalue weighted by atomic mass is 9.91. The summed E-state index contributed by atoms with van der Waals surface area (Å²) in [5.41, 5.74) is 7.18. The lowest BCUT2D eigenvalue weighted by Crippen LogP contribution is -2.48. The van der Waals surface area contributed by atoms with Crippen LogP contribution in [0.1, 0.15) is 173 Å². The van der Waals surface area contributed by atoms with E-state index in [4.69, 9.17) is 0 Å². The third-order valence-electron chi connectivity index (χ3n) is 27.7. The van der Waals surface area contributed by atoms with Gasteiger partial charge in [0.15, 0.2) is 5.69 Å². The molecule has 8 saturated heterocycles. The third kappa shape index (κ3) is 44.6. The molecule has 8 aliphatic heterocycles. The monoisotopic (exact) mass is 2080 g/mol. The van der Waals surface area contributed by atoms with Crippen LogP contribution in [0.15, 0.2) is 151 Å². The van der Waals surface area contributed by atoms with E-state index in [9.17, 15) is 60.3 Å². The van der Waals surface area contributed by atoms with Gasteiger partial charge in [0.1, 0.15) is 5.69 Å². The van der Waals surface area contributed by atoms with E-state index in [-0.39, 0.29) is 40.7 Å². The number of likely N-dealkylation sites (N-methyl/N-ethyl adjacent to an activating group) is 8. The summed E-state index contributed by atoms with van der Waals surface area (Å²) in [7, 11) is 19.9. The number of piperazine rings is 8. The molecule has 28 nitrogen and oxygen atoms in total. The number of carbonyl (C=O) groups excluding carboxylic acids is 8. The van der Waals surface area contributed by atoms with E-state index in [1.165, 1.54) is 64.7 Å². The Morgan fingerprint density at radius 2 is 0.784 bits per heavy atom. The minimum Gasteiger partial charge on any atom is -0.340 e. The van der Waals surface area contributed by atoms with Gasteiger partial charge < -0.3 is 78.4 Å². The van der Waals surface area contributed by atoms with E-state index >= 15 is 0 Å². The largest absolute Gasteiger partial charge is 0.435 e. The molecule has 0 atom stereocenters. The van der Waals surface area contributed by atoms with Crippen LogP contribution in [-0.2, 0) is 67.8 Å². The molecule has 11 heterocycles. The van der Waals surface area contributed by atoms with Crippen molar-refractivity contribution in [1.29, 1.82) is 0 Å². The molecule has 8 aromatic rings. The Balaban J connectivity index is 0.000000223. The second kappa shape index (κ2) is 63.7. The van der Waals surface area contributed by atoms with Crippen molar-refractivity contribution in [3.8, 4) is 10.6 Å². The average Bonchev–Trinajstić information content (AvgIpc) is 1.67. The molecule has 34 heteroatoms. The van der Waals surface area contributed by atoms with Crippen LogP contribution in [0.3, 0.4) is 0 Å². The average molecular weight is 2080 g/mol. The number of aromatic nitrogens is 4. The summed E-state index contributed by atoms with van der Waals surface area (Å²) < 4.78 is 63.8. The number of aryl methyl sites for hydroxylation is 5. The quantitative estimate of drug-likeness (QED) is 0.0575. The summed E-state index contributed by atoms with van der Waals surface area (Å²) >= 11 is 1.51. The highest BCUT2D eigenvalue weighted by molar-refractivity contribution is 7.13. The molecule has 8 amide bonds. The van der Waals surface area contributed by atoms with Crippen LogP contribution in [0, 0.1) is 32.1 Å². The van der Waals surface area contributed by atoms with Crippen molar-refractivity contribution in [3.63, 3.8) is 0 Å². The first-order valence-corrected chi connectivity index (χ1v) is 54.1. The molecule has 3 aromatic heterocycles. The first kappa shape index (κ1) is 124. The highest BCUT2D eigenvalue weighted by Gasteiger charge is 2.35. The number of nitrogens with zero attached hydrogens (tertiary/aromatic N) is 20. The zero-order valence-electron chi connectivity index (χ0n) is 92.9. The third-order valence-corrected chi connectivity index (χ3v) is 28.6. The second-order valence-electron chi connectivity index (χ2n) is 41.6. The summed E-state index contributed by atoms with van der Waals surface area (Å²) in [5, 5.41) is 11.2. The van der Waals surface area contributed by atoms with E-state index in [0.29, 0.717) is 49.3 Å². The number of carbonyl (C=O) groups is 8. The smallest absolute Gasteiger partial charge is 0.340 e. The molecule has 0 saturated carbocycles. The molecule has 0 aliphatic carbocycles. The zero-order valence-corrected chi connectivity index (χ0v) is 93.7. The number of rotatable bonds is 18. The van der Waals surface area contributed by atoms with Crippen molar-refractivity contribution in [3.05, 3.63) is 201 Å². The fourth-order valence-electron chi connectivity index (χ4n) is 17.4. The van der Waals surface area contributed by atoms with Crippen LogP contribution in [-0.4, -0.2) is 411 Å². The number of fused-ring (bicyclic) bond motifs is 1. The Kier molecular flexibility index (Phi) is 53.5. The predicted octanol–water partition coefficient (Wildman–Crippen LogP) is 15.2. The SMILES string of the molecule is CCC(CC)C(=O)N1CCN(C)CC1.CCCC(=O)N1CCN(C)CC1.CCCCCC(=O)N1CCN(C)CC1.CN1CCN(C(=O)CC(C)(C)C)CC1.CN1CCN(C(=O)c2ccc3ccccc3c2)CC1.Cc1cccc(CC(=O)N2CCN(C)CC2)c1.Cc1ccccc1C(=O)N1CCN(C)CC1.Cc1ccccc1CC(=O)N1CCN(C)CC1.Cn1ccc(C(F)(F)F)n1.Cn1nc(C(C)(F)F)cc1-c1cccs1. The summed E-state index contributed by atoms with van der Waals surface area (Å²) in [6, 6.07) is 44.4. The van der Waals surface area contributed by atoms with Gasteiger partial charge in [-0.1, -0.05) is 170 Å².